The van der Waals surface area contributed by atoms with Crippen LogP contribution in [0.5, 0.6) is 0 Å². The first-order valence-electron chi connectivity index (χ1n) is 6.06. The molecule has 0 spiro atoms. The fourth-order valence-corrected chi connectivity index (χ4v) is 2.56. The van der Waals surface area contributed by atoms with E-state index in [2.05, 4.69) is 27.8 Å². The Morgan fingerprint density at radius 1 is 1.44 bits per heavy atom. The normalized spacial score (nSPS) is 12.7. The molecule has 18 heavy (non-hydrogen) atoms. The van der Waals surface area contributed by atoms with Gasteiger partial charge in [-0.2, -0.15) is 0 Å². The number of rotatable bonds is 4. The summed E-state index contributed by atoms with van der Waals surface area (Å²) in [6.07, 6.45) is 3.71. The molecule has 2 aromatic rings. The molecule has 1 atom stereocenters. The number of hydrogen-bond donors (Lipinski definition) is 1. The Bertz CT molecular complexity index is 536. The lowest BCUT2D eigenvalue weighted by molar-refractivity contribution is 0.173. The molecule has 2 rings (SSSR count). The molecule has 0 aliphatic rings. The number of aliphatic hydroxyl groups excluding tert-OH is 1. The van der Waals surface area contributed by atoms with Crippen LogP contribution < -0.4 is 0 Å². The van der Waals surface area contributed by atoms with Crippen LogP contribution in [0.25, 0.3) is 0 Å². The first-order chi connectivity index (χ1) is 8.63. The van der Waals surface area contributed by atoms with Crippen LogP contribution in [0.15, 0.2) is 35.1 Å². The van der Waals surface area contributed by atoms with Gasteiger partial charge in [-0.25, -0.2) is 4.98 Å². The van der Waals surface area contributed by atoms with E-state index >= 15 is 0 Å². The highest BCUT2D eigenvalue weighted by molar-refractivity contribution is 9.10. The molecule has 1 N–H and O–H groups in total. The van der Waals surface area contributed by atoms with Crippen LogP contribution in [0.3, 0.4) is 0 Å². The quantitative estimate of drug-likeness (QED) is 0.941. The number of aryl methyl sites for hydroxylation is 2. The van der Waals surface area contributed by atoms with E-state index in [0.717, 1.165) is 28.0 Å². The van der Waals surface area contributed by atoms with Gasteiger partial charge in [0, 0.05) is 29.8 Å². The minimum atomic E-state index is -0.535. The summed E-state index contributed by atoms with van der Waals surface area (Å²) >= 11 is 3.53. The maximum atomic E-state index is 10.3. The summed E-state index contributed by atoms with van der Waals surface area (Å²) < 4.78 is 3.03. The third kappa shape index (κ3) is 2.65. The number of halogens is 1. The second kappa shape index (κ2) is 5.67. The van der Waals surface area contributed by atoms with Crippen molar-refractivity contribution in [3.63, 3.8) is 0 Å². The van der Waals surface area contributed by atoms with E-state index in [9.17, 15) is 5.11 Å². The number of aromatic nitrogens is 2. The molecule has 0 fully saturated rings. The molecule has 0 amide bonds. The van der Waals surface area contributed by atoms with Gasteiger partial charge in [0.15, 0.2) is 0 Å². The van der Waals surface area contributed by atoms with Gasteiger partial charge in [0.2, 0.25) is 0 Å². The first-order valence-corrected chi connectivity index (χ1v) is 6.85. The highest BCUT2D eigenvalue weighted by atomic mass is 79.9. The van der Waals surface area contributed by atoms with Crippen LogP contribution in [0, 0.1) is 6.92 Å². The zero-order valence-corrected chi connectivity index (χ0v) is 12.2. The van der Waals surface area contributed by atoms with Gasteiger partial charge in [-0.05, 0) is 25.0 Å². The number of imidazole rings is 1. The summed E-state index contributed by atoms with van der Waals surface area (Å²) in [5, 5.41) is 10.3. The van der Waals surface area contributed by atoms with E-state index in [-0.39, 0.29) is 0 Å². The zero-order valence-electron chi connectivity index (χ0n) is 10.6. The SMILES string of the molecule is CCn1ccnc1CC(O)c1cccc(C)c1Br. The minimum absolute atomic E-state index is 0.531. The number of hydrogen-bond acceptors (Lipinski definition) is 2. The summed E-state index contributed by atoms with van der Waals surface area (Å²) in [5.41, 5.74) is 2.05. The van der Waals surface area contributed by atoms with Gasteiger partial charge in [0.1, 0.15) is 5.82 Å². The average molecular weight is 309 g/mol. The molecule has 1 aromatic heterocycles. The van der Waals surface area contributed by atoms with Gasteiger partial charge in [0.05, 0.1) is 6.10 Å². The van der Waals surface area contributed by atoms with Gasteiger partial charge < -0.3 is 9.67 Å². The van der Waals surface area contributed by atoms with Crippen molar-refractivity contribution in [2.24, 2.45) is 0 Å². The Hall–Kier alpha value is -1.13. The van der Waals surface area contributed by atoms with Gasteiger partial charge in [-0.1, -0.05) is 34.1 Å². The Morgan fingerprint density at radius 2 is 2.22 bits per heavy atom. The summed E-state index contributed by atoms with van der Waals surface area (Å²) in [6, 6.07) is 5.93. The third-order valence-corrected chi connectivity index (χ3v) is 4.18. The van der Waals surface area contributed by atoms with Crippen LogP contribution in [0.1, 0.15) is 30.0 Å². The summed E-state index contributed by atoms with van der Waals surface area (Å²) in [7, 11) is 0. The fraction of sp³-hybridized carbons (Fsp3) is 0.357. The van der Waals surface area contributed by atoms with Crippen LogP contribution in [-0.4, -0.2) is 14.7 Å². The highest BCUT2D eigenvalue weighted by Gasteiger charge is 2.15. The first kappa shape index (κ1) is 13.3. The van der Waals surface area contributed by atoms with E-state index in [4.69, 9.17) is 0 Å². The third-order valence-electron chi connectivity index (χ3n) is 3.10. The van der Waals surface area contributed by atoms with E-state index < -0.39 is 6.10 Å². The molecule has 0 saturated carbocycles. The predicted octanol–water partition coefficient (Wildman–Crippen LogP) is 3.25. The Labute approximate surface area is 116 Å². The molecule has 1 aromatic carbocycles. The van der Waals surface area contributed by atoms with Crippen LogP contribution >= 0.6 is 15.9 Å². The van der Waals surface area contributed by atoms with Gasteiger partial charge >= 0.3 is 0 Å². The maximum Gasteiger partial charge on any atom is 0.111 e. The van der Waals surface area contributed by atoms with Crippen molar-refractivity contribution in [1.29, 1.82) is 0 Å². The predicted molar refractivity (Wildman–Crippen MR) is 75.4 cm³/mol. The fourth-order valence-electron chi connectivity index (χ4n) is 2.03. The van der Waals surface area contributed by atoms with Gasteiger partial charge in [-0.15, -0.1) is 0 Å². The average Bonchev–Trinajstić information content (AvgIpc) is 2.79. The molecular formula is C14H17BrN2O. The van der Waals surface area contributed by atoms with Crippen LogP contribution in [-0.2, 0) is 13.0 Å². The Morgan fingerprint density at radius 3 is 2.94 bits per heavy atom. The van der Waals surface area contributed by atoms with Crippen molar-refractivity contribution >= 4 is 15.9 Å². The summed E-state index contributed by atoms with van der Waals surface area (Å²) in [6.45, 7) is 4.96. The van der Waals surface area contributed by atoms with Gasteiger partial charge in [-0.3, -0.25) is 0 Å². The highest BCUT2D eigenvalue weighted by Crippen LogP contribution is 2.28. The summed E-state index contributed by atoms with van der Waals surface area (Å²) in [4.78, 5) is 4.29. The molecule has 0 radical (unpaired) electrons. The molecular weight excluding hydrogens is 292 g/mol. The van der Waals surface area contributed by atoms with E-state index in [1.165, 1.54) is 0 Å². The minimum Gasteiger partial charge on any atom is -0.388 e. The number of aliphatic hydroxyl groups is 1. The lowest BCUT2D eigenvalue weighted by atomic mass is 10.0. The van der Waals surface area contributed by atoms with Gasteiger partial charge in [0.25, 0.3) is 0 Å². The molecule has 0 aliphatic carbocycles. The number of benzene rings is 1. The topological polar surface area (TPSA) is 38.0 Å². The summed E-state index contributed by atoms with van der Waals surface area (Å²) in [5.74, 6) is 0.915. The van der Waals surface area contributed by atoms with E-state index in [0.29, 0.717) is 6.42 Å². The molecule has 0 bridgehead atoms. The van der Waals surface area contributed by atoms with E-state index in [1.807, 2.05) is 35.9 Å². The van der Waals surface area contributed by atoms with Crippen LogP contribution in [0.2, 0.25) is 0 Å². The van der Waals surface area contributed by atoms with Crippen molar-refractivity contribution < 1.29 is 5.11 Å². The Balaban J connectivity index is 2.22. The lowest BCUT2D eigenvalue weighted by Crippen LogP contribution is -2.09. The Kier molecular flexibility index (Phi) is 4.19. The van der Waals surface area contributed by atoms with E-state index in [1.54, 1.807) is 6.20 Å². The largest absolute Gasteiger partial charge is 0.388 e. The van der Waals surface area contributed by atoms with Crippen molar-refractivity contribution in [2.75, 3.05) is 0 Å². The zero-order chi connectivity index (χ0) is 13.1. The molecule has 0 aliphatic heterocycles. The second-order valence-corrected chi connectivity index (χ2v) is 5.12. The monoisotopic (exact) mass is 308 g/mol. The van der Waals surface area contributed by atoms with Crippen molar-refractivity contribution in [2.45, 2.75) is 32.9 Å². The van der Waals surface area contributed by atoms with Crippen LogP contribution in [0.4, 0.5) is 0 Å². The molecule has 0 saturated heterocycles. The number of nitrogens with zero attached hydrogens (tertiary/aromatic N) is 2. The smallest absolute Gasteiger partial charge is 0.111 e. The lowest BCUT2D eigenvalue weighted by Gasteiger charge is -2.14. The van der Waals surface area contributed by atoms with Crippen molar-refractivity contribution in [1.82, 2.24) is 9.55 Å². The standard InChI is InChI=1S/C14H17BrN2O/c1-3-17-8-7-16-13(17)9-12(18)11-6-4-5-10(2)14(11)15/h4-8,12,18H,3,9H2,1-2H3. The maximum absolute atomic E-state index is 10.3. The molecule has 1 heterocycles. The molecule has 4 heteroatoms. The van der Waals surface area contributed by atoms with Crippen molar-refractivity contribution in [3.8, 4) is 0 Å². The van der Waals surface area contributed by atoms with Crippen molar-refractivity contribution in [3.05, 3.63) is 52.0 Å². The molecule has 3 nitrogen and oxygen atoms in total. The second-order valence-electron chi connectivity index (χ2n) is 4.33. The molecule has 96 valence electrons. The molecule has 1 unspecified atom stereocenters.